The van der Waals surface area contributed by atoms with Gasteiger partial charge >= 0.3 is 10.4 Å². The van der Waals surface area contributed by atoms with Gasteiger partial charge in [-0.15, -0.1) is 0 Å². The minimum absolute atomic E-state index is 0.264. The number of amides is 1. The van der Waals surface area contributed by atoms with Gasteiger partial charge < -0.3 is 35.2 Å². The normalized spacial score (nSPS) is 20.1. The molecule has 1 aliphatic rings. The molecule has 0 aromatic carbocycles. The van der Waals surface area contributed by atoms with E-state index in [0.717, 1.165) is 44.9 Å². The molecule has 6 N–H and O–H groups in total. The Morgan fingerprint density at radius 1 is 0.591 bits per heavy atom. The van der Waals surface area contributed by atoms with E-state index in [0.29, 0.717) is 6.42 Å². The fourth-order valence-electron chi connectivity index (χ4n) is 8.74. The molecule has 0 aliphatic carbocycles. The summed E-state index contributed by atoms with van der Waals surface area (Å²) < 4.78 is 47.8. The zero-order valence-electron chi connectivity index (χ0n) is 42.0. The Morgan fingerprint density at radius 2 is 0.970 bits per heavy atom. The molecular formula is C53H101NO11S. The van der Waals surface area contributed by atoms with E-state index < -0.39 is 59.9 Å². The number of aliphatic hydroxyl groups is 4. The number of hydrogen-bond donors (Lipinski definition) is 6. The summed E-state index contributed by atoms with van der Waals surface area (Å²) in [7, 11) is -5.09. The second kappa shape index (κ2) is 43.6. The lowest BCUT2D eigenvalue weighted by atomic mass is 9.99. The summed E-state index contributed by atoms with van der Waals surface area (Å²) in [6, 6.07) is -0.945. The number of allylic oxidation sites excluding steroid dienone is 3. The number of carbonyl (C=O) groups is 1. The molecule has 12 nitrogen and oxygen atoms in total. The van der Waals surface area contributed by atoms with Gasteiger partial charge in [-0.05, 0) is 44.9 Å². The maximum atomic E-state index is 13.1. The fourth-order valence-corrected chi connectivity index (χ4v) is 9.25. The minimum Gasteiger partial charge on any atom is -0.394 e. The molecule has 7 unspecified atom stereocenters. The molecule has 7 atom stereocenters. The molecule has 0 saturated carbocycles. The molecule has 0 aromatic rings. The van der Waals surface area contributed by atoms with Crippen molar-refractivity contribution in [1.29, 1.82) is 0 Å². The molecule has 0 spiro atoms. The van der Waals surface area contributed by atoms with E-state index in [1.54, 1.807) is 6.08 Å². The van der Waals surface area contributed by atoms with Crippen LogP contribution >= 0.6 is 0 Å². The van der Waals surface area contributed by atoms with Crippen LogP contribution in [0.15, 0.2) is 24.3 Å². The third kappa shape index (κ3) is 35.7. The van der Waals surface area contributed by atoms with E-state index in [-0.39, 0.29) is 18.9 Å². The van der Waals surface area contributed by atoms with Crippen LogP contribution in [0.3, 0.4) is 0 Å². The Kier molecular flexibility index (Phi) is 41.3. The minimum atomic E-state index is -5.09. The van der Waals surface area contributed by atoms with Gasteiger partial charge in [0.25, 0.3) is 0 Å². The van der Waals surface area contributed by atoms with Crippen molar-refractivity contribution in [1.82, 2.24) is 5.32 Å². The predicted octanol–water partition coefficient (Wildman–Crippen LogP) is 12.1. The van der Waals surface area contributed by atoms with Crippen molar-refractivity contribution in [3.63, 3.8) is 0 Å². The Bertz CT molecular complexity index is 1270. The molecule has 13 heteroatoms. The summed E-state index contributed by atoms with van der Waals surface area (Å²) >= 11 is 0. The average Bonchev–Trinajstić information content (AvgIpc) is 3.29. The van der Waals surface area contributed by atoms with Crippen molar-refractivity contribution in [2.45, 2.75) is 294 Å². The quantitative estimate of drug-likeness (QED) is 0.0193. The molecular weight excluding hydrogens is 859 g/mol. The second-order valence-corrected chi connectivity index (χ2v) is 20.2. The highest BCUT2D eigenvalue weighted by Gasteiger charge is 2.48. The number of nitrogens with one attached hydrogen (secondary N) is 1. The van der Waals surface area contributed by atoms with Crippen LogP contribution in [0.1, 0.15) is 251 Å². The predicted molar refractivity (Wildman–Crippen MR) is 269 cm³/mol. The van der Waals surface area contributed by atoms with Crippen LogP contribution in [-0.2, 0) is 28.9 Å². The van der Waals surface area contributed by atoms with E-state index in [4.69, 9.17) is 9.47 Å². The van der Waals surface area contributed by atoms with Crippen molar-refractivity contribution in [2.75, 3.05) is 13.2 Å². The third-order valence-electron chi connectivity index (χ3n) is 13.0. The SMILES string of the molecule is CCCCCCCCCC/C=C\CCCCCCCCCC(=O)NC(COC1OC(CO)C(O)C(OS(=O)(=O)O)C1O)C(O)/C=C/CCCCCCCCCCCCCCCCCCCC. The van der Waals surface area contributed by atoms with Crippen LogP contribution in [0, 0.1) is 0 Å². The first-order valence-corrected chi connectivity index (χ1v) is 28.6. The van der Waals surface area contributed by atoms with E-state index in [1.165, 1.54) is 180 Å². The molecule has 1 rings (SSSR count). The lowest BCUT2D eigenvalue weighted by Gasteiger charge is -2.41. The van der Waals surface area contributed by atoms with Crippen molar-refractivity contribution >= 4 is 16.3 Å². The van der Waals surface area contributed by atoms with Crippen LogP contribution in [-0.4, -0.2) is 95.4 Å². The molecule has 0 radical (unpaired) electrons. The van der Waals surface area contributed by atoms with Crippen molar-refractivity contribution < 1.29 is 51.8 Å². The summed E-state index contributed by atoms with van der Waals surface area (Å²) in [5.74, 6) is -0.264. The lowest BCUT2D eigenvalue weighted by Crippen LogP contribution is -2.61. The van der Waals surface area contributed by atoms with Crippen LogP contribution in [0.25, 0.3) is 0 Å². The average molecular weight is 960 g/mol. The number of ether oxygens (including phenoxy) is 2. The Morgan fingerprint density at radius 3 is 1.36 bits per heavy atom. The first-order valence-electron chi connectivity index (χ1n) is 27.2. The second-order valence-electron chi connectivity index (χ2n) is 19.2. The zero-order chi connectivity index (χ0) is 48.4. The summed E-state index contributed by atoms with van der Waals surface area (Å²) in [6.07, 6.45) is 43.5. The molecule has 1 heterocycles. The smallest absolute Gasteiger partial charge is 0.394 e. The standard InChI is InChI=1S/C53H101NO11S/c1-3-5-7-9-11-13-15-17-19-21-23-25-26-28-30-32-34-36-38-40-42-47(56)46(45-63-53-51(59)52(65-66(60,61)62)50(58)48(44-55)64-53)54-49(57)43-41-39-37-35-33-31-29-27-24-22-20-18-16-14-12-10-8-6-4-2/h22,24,40,42,46-48,50-53,55-56,58-59H,3-21,23,25-39,41,43-45H2,1-2H3,(H,54,57)(H,60,61,62)/b24-22-,42-40+. The summed E-state index contributed by atoms with van der Waals surface area (Å²) in [4.78, 5) is 13.1. The van der Waals surface area contributed by atoms with Crippen LogP contribution < -0.4 is 5.32 Å². The van der Waals surface area contributed by atoms with E-state index >= 15 is 0 Å². The number of carbonyl (C=O) groups excluding carboxylic acids is 1. The number of hydrogen-bond acceptors (Lipinski definition) is 10. The van der Waals surface area contributed by atoms with E-state index in [2.05, 4.69) is 35.5 Å². The molecule has 0 aromatic heterocycles. The van der Waals surface area contributed by atoms with Gasteiger partial charge in [0.15, 0.2) is 6.29 Å². The Labute approximate surface area is 403 Å². The van der Waals surface area contributed by atoms with Gasteiger partial charge in [-0.2, -0.15) is 8.42 Å². The fraction of sp³-hybridized carbons (Fsp3) is 0.906. The maximum Gasteiger partial charge on any atom is 0.397 e. The Balaban J connectivity index is 2.43. The van der Waals surface area contributed by atoms with Gasteiger partial charge in [-0.3, -0.25) is 9.35 Å². The van der Waals surface area contributed by atoms with Gasteiger partial charge in [-0.1, -0.05) is 224 Å². The van der Waals surface area contributed by atoms with Crippen molar-refractivity contribution in [3.05, 3.63) is 24.3 Å². The van der Waals surface area contributed by atoms with Crippen LogP contribution in [0.5, 0.6) is 0 Å². The maximum absolute atomic E-state index is 13.1. The Hall–Kier alpha value is -1.42. The highest BCUT2D eigenvalue weighted by Crippen LogP contribution is 2.26. The molecule has 390 valence electrons. The van der Waals surface area contributed by atoms with Gasteiger partial charge in [0.1, 0.15) is 24.4 Å². The highest BCUT2D eigenvalue weighted by atomic mass is 32.3. The third-order valence-corrected chi connectivity index (χ3v) is 13.4. The molecule has 1 aliphatic heterocycles. The first kappa shape index (κ1) is 62.6. The largest absolute Gasteiger partial charge is 0.397 e. The molecule has 66 heavy (non-hydrogen) atoms. The van der Waals surface area contributed by atoms with Crippen molar-refractivity contribution in [3.8, 4) is 0 Å². The van der Waals surface area contributed by atoms with E-state index in [9.17, 15) is 38.2 Å². The monoisotopic (exact) mass is 960 g/mol. The first-order chi connectivity index (χ1) is 32.0. The van der Waals surface area contributed by atoms with Gasteiger partial charge in [0.05, 0.1) is 25.4 Å². The summed E-state index contributed by atoms with van der Waals surface area (Å²) in [5, 5.41) is 44.9. The van der Waals surface area contributed by atoms with Gasteiger partial charge in [0, 0.05) is 6.42 Å². The zero-order valence-corrected chi connectivity index (χ0v) is 42.8. The molecule has 1 saturated heterocycles. The summed E-state index contributed by atoms with van der Waals surface area (Å²) in [6.45, 7) is 3.42. The van der Waals surface area contributed by atoms with Crippen LogP contribution in [0.4, 0.5) is 0 Å². The molecule has 0 bridgehead atoms. The molecule has 1 amide bonds. The van der Waals surface area contributed by atoms with Gasteiger partial charge in [0.2, 0.25) is 5.91 Å². The van der Waals surface area contributed by atoms with Crippen LogP contribution in [0.2, 0.25) is 0 Å². The molecule has 1 fully saturated rings. The topological polar surface area (TPSA) is 192 Å². The number of aliphatic hydroxyl groups excluding tert-OH is 4. The van der Waals surface area contributed by atoms with E-state index in [1.807, 2.05) is 6.08 Å². The number of rotatable bonds is 47. The lowest BCUT2D eigenvalue weighted by molar-refractivity contribution is -0.298. The van der Waals surface area contributed by atoms with Crippen molar-refractivity contribution in [2.24, 2.45) is 0 Å². The highest BCUT2D eigenvalue weighted by molar-refractivity contribution is 7.80. The van der Waals surface area contributed by atoms with Gasteiger partial charge in [-0.25, -0.2) is 4.18 Å². The number of unbranched alkanes of at least 4 members (excludes halogenated alkanes) is 33. The summed E-state index contributed by atoms with van der Waals surface area (Å²) in [5.41, 5.74) is 0.